The third-order valence-corrected chi connectivity index (χ3v) is 8.27. The van der Waals surface area contributed by atoms with E-state index in [0.717, 1.165) is 47.9 Å². The van der Waals surface area contributed by atoms with Gasteiger partial charge in [0.05, 0.1) is 16.7 Å². The van der Waals surface area contributed by atoms with Crippen molar-refractivity contribution in [2.75, 3.05) is 18.4 Å². The van der Waals surface area contributed by atoms with E-state index in [0.29, 0.717) is 42.2 Å². The summed E-state index contributed by atoms with van der Waals surface area (Å²) in [6.45, 7) is 11.2. The molecule has 0 spiro atoms. The first kappa shape index (κ1) is 28.8. The van der Waals surface area contributed by atoms with Crippen LogP contribution in [0.3, 0.4) is 0 Å². The molecule has 0 radical (unpaired) electrons. The summed E-state index contributed by atoms with van der Waals surface area (Å²) in [7, 11) is 2.01. The molecular weight excluding hydrogens is 510 g/mol. The lowest BCUT2D eigenvalue weighted by Gasteiger charge is -2.34. The van der Waals surface area contributed by atoms with Crippen LogP contribution in [-0.4, -0.2) is 44.3 Å². The number of likely N-dealkylation sites (tertiary alicyclic amines) is 1. The van der Waals surface area contributed by atoms with Crippen molar-refractivity contribution in [2.24, 2.45) is 13.0 Å². The number of aryl methyl sites for hydroxylation is 1. The molecule has 0 atom stereocenters. The van der Waals surface area contributed by atoms with E-state index in [-0.39, 0.29) is 5.78 Å². The Kier molecular flexibility index (Phi) is 9.03. The number of anilines is 2. The fourth-order valence-electron chi connectivity index (χ4n) is 5.63. The van der Waals surface area contributed by atoms with Gasteiger partial charge in [-0.3, -0.25) is 9.78 Å². The number of aromatic nitrogens is 3. The highest BCUT2D eigenvalue weighted by atomic mass is 16.5. The van der Waals surface area contributed by atoms with Crippen molar-refractivity contribution >= 4 is 28.5 Å². The summed E-state index contributed by atoms with van der Waals surface area (Å²) in [5.74, 6) is 3.49. The summed E-state index contributed by atoms with van der Waals surface area (Å²) >= 11 is 0. The molecule has 7 nitrogen and oxygen atoms in total. The van der Waals surface area contributed by atoms with E-state index < -0.39 is 0 Å². The van der Waals surface area contributed by atoms with Gasteiger partial charge >= 0.3 is 0 Å². The molecular formula is C34H43N5O2. The van der Waals surface area contributed by atoms with Crippen molar-refractivity contribution in [2.45, 2.75) is 71.8 Å². The van der Waals surface area contributed by atoms with Gasteiger partial charge in [0.1, 0.15) is 17.3 Å². The van der Waals surface area contributed by atoms with Crippen LogP contribution in [0, 0.1) is 5.92 Å². The van der Waals surface area contributed by atoms with Crippen molar-refractivity contribution in [1.29, 1.82) is 0 Å². The number of hydrogen-bond donors (Lipinski definition) is 1. The van der Waals surface area contributed by atoms with E-state index in [1.807, 2.05) is 41.9 Å². The quantitative estimate of drug-likeness (QED) is 0.206. The Hall–Kier alpha value is -3.71. The summed E-state index contributed by atoms with van der Waals surface area (Å²) in [4.78, 5) is 24.5. The van der Waals surface area contributed by atoms with Crippen LogP contribution in [0.4, 0.5) is 11.6 Å². The number of benzene rings is 2. The number of Topliss-reactive ketones (excluding diaryl/α,β-unsaturated/α-hetero) is 1. The highest BCUT2D eigenvalue weighted by molar-refractivity contribution is 5.81. The van der Waals surface area contributed by atoms with Crippen LogP contribution in [0.5, 0.6) is 11.5 Å². The molecule has 0 saturated carbocycles. The van der Waals surface area contributed by atoms with E-state index in [9.17, 15) is 4.79 Å². The number of imidazole rings is 1. The van der Waals surface area contributed by atoms with Gasteiger partial charge < -0.3 is 19.5 Å². The number of piperidine rings is 1. The predicted octanol–water partition coefficient (Wildman–Crippen LogP) is 7.64. The molecule has 0 bridgehead atoms. The largest absolute Gasteiger partial charge is 0.457 e. The van der Waals surface area contributed by atoms with Gasteiger partial charge in [-0.1, -0.05) is 26.0 Å². The zero-order chi connectivity index (χ0) is 28.9. The average Bonchev–Trinajstić information content (AvgIpc) is 3.26. The monoisotopic (exact) mass is 553 g/mol. The first-order valence-electron chi connectivity index (χ1n) is 15.0. The van der Waals surface area contributed by atoms with Crippen LogP contribution in [0.15, 0.2) is 60.8 Å². The third-order valence-electron chi connectivity index (χ3n) is 8.27. The molecule has 1 N–H and O–H groups in total. The molecule has 1 aliphatic rings. The van der Waals surface area contributed by atoms with Crippen molar-refractivity contribution in [3.63, 3.8) is 0 Å². The van der Waals surface area contributed by atoms with Crippen LogP contribution >= 0.6 is 0 Å². The molecule has 216 valence electrons. The van der Waals surface area contributed by atoms with Gasteiger partial charge in [0.25, 0.3) is 0 Å². The van der Waals surface area contributed by atoms with Gasteiger partial charge in [-0.05, 0) is 93.9 Å². The molecule has 0 amide bonds. The van der Waals surface area contributed by atoms with E-state index in [4.69, 9.17) is 9.72 Å². The molecule has 2 aromatic heterocycles. The molecule has 1 aliphatic heterocycles. The lowest BCUT2D eigenvalue weighted by atomic mass is 9.90. The molecule has 5 rings (SSSR count). The van der Waals surface area contributed by atoms with Crippen LogP contribution in [0.2, 0.25) is 0 Å². The predicted molar refractivity (Wildman–Crippen MR) is 166 cm³/mol. The van der Waals surface area contributed by atoms with Crippen molar-refractivity contribution < 1.29 is 9.53 Å². The minimum absolute atomic E-state index is 0.245. The Bertz CT molecular complexity index is 1480. The number of hydrogen-bond acceptors (Lipinski definition) is 6. The smallest absolute Gasteiger partial charge is 0.208 e. The zero-order valence-corrected chi connectivity index (χ0v) is 25.1. The number of fused-ring (bicyclic) bond motifs is 1. The summed E-state index contributed by atoms with van der Waals surface area (Å²) < 4.78 is 8.22. The van der Waals surface area contributed by atoms with Gasteiger partial charge in [0, 0.05) is 49.9 Å². The highest BCUT2D eigenvalue weighted by Gasteiger charge is 2.21. The summed E-state index contributed by atoms with van der Waals surface area (Å²) in [6, 6.07) is 18.7. The molecule has 41 heavy (non-hydrogen) atoms. The number of nitrogens with one attached hydrogen (secondary N) is 1. The minimum Gasteiger partial charge on any atom is -0.457 e. The molecule has 2 aromatic carbocycles. The second-order valence-corrected chi connectivity index (χ2v) is 12.0. The Morgan fingerprint density at radius 3 is 2.56 bits per heavy atom. The maximum absolute atomic E-state index is 12.8. The van der Waals surface area contributed by atoms with E-state index in [1.54, 1.807) is 6.20 Å². The standard InChI is InChI=1S/C34H43N5O2/c1-23(2)26-7-6-8-27(19-26)36-34-37-32-22-30(11-12-33(32)38(34)5)41-31-13-16-35-28(21-31)20-29(40)10-9-25-14-17-39(18-15-25)24(3)4/h6-8,11-13,16,19,21-25H,9-10,14-15,17-18,20H2,1-5H3,(H,36,37). The van der Waals surface area contributed by atoms with E-state index in [1.165, 1.54) is 18.4 Å². The Balaban J connectivity index is 1.19. The highest BCUT2D eigenvalue weighted by Crippen LogP contribution is 2.29. The first-order chi connectivity index (χ1) is 19.7. The van der Waals surface area contributed by atoms with E-state index in [2.05, 4.69) is 67.2 Å². The fraction of sp³-hybridized carbons (Fsp3) is 0.441. The number of ketones is 1. The molecule has 7 heteroatoms. The number of carbonyl (C=O) groups excluding carboxylic acids is 1. The van der Waals surface area contributed by atoms with Crippen LogP contribution < -0.4 is 10.1 Å². The average molecular weight is 554 g/mol. The second kappa shape index (κ2) is 12.9. The van der Waals surface area contributed by atoms with Gasteiger partial charge in [0.2, 0.25) is 5.95 Å². The Morgan fingerprint density at radius 2 is 1.80 bits per heavy atom. The van der Waals surface area contributed by atoms with Gasteiger partial charge in [0.15, 0.2) is 0 Å². The Morgan fingerprint density at radius 1 is 1.02 bits per heavy atom. The zero-order valence-electron chi connectivity index (χ0n) is 25.1. The normalized spacial score (nSPS) is 14.7. The van der Waals surface area contributed by atoms with E-state index >= 15 is 0 Å². The molecule has 1 fully saturated rings. The number of pyridine rings is 1. The SMILES string of the molecule is CC(C)c1cccc(Nc2nc3cc(Oc4ccnc(CC(=O)CCC5CCN(C(C)C)CC5)c4)ccc3n2C)c1. The number of ether oxygens (including phenoxy) is 1. The number of carbonyl (C=O) groups is 1. The minimum atomic E-state index is 0.245. The van der Waals surface area contributed by atoms with Gasteiger partial charge in [-0.25, -0.2) is 4.98 Å². The van der Waals surface area contributed by atoms with Crippen molar-refractivity contribution in [1.82, 2.24) is 19.4 Å². The third kappa shape index (κ3) is 7.33. The van der Waals surface area contributed by atoms with Gasteiger partial charge in [-0.15, -0.1) is 0 Å². The molecule has 3 heterocycles. The molecule has 0 aliphatic carbocycles. The Labute approximate surface area is 244 Å². The van der Waals surface area contributed by atoms with Crippen molar-refractivity contribution in [3.05, 3.63) is 72.1 Å². The summed E-state index contributed by atoms with van der Waals surface area (Å²) in [5, 5.41) is 3.46. The lowest BCUT2D eigenvalue weighted by molar-refractivity contribution is -0.118. The first-order valence-corrected chi connectivity index (χ1v) is 15.0. The van der Waals surface area contributed by atoms with Crippen LogP contribution in [0.25, 0.3) is 11.0 Å². The maximum atomic E-state index is 12.8. The fourth-order valence-corrected chi connectivity index (χ4v) is 5.63. The van der Waals surface area contributed by atoms with Crippen molar-refractivity contribution in [3.8, 4) is 11.5 Å². The maximum Gasteiger partial charge on any atom is 0.208 e. The molecule has 0 unspecified atom stereocenters. The summed E-state index contributed by atoms with van der Waals surface area (Å²) in [6.07, 6.45) is 6.03. The van der Waals surface area contributed by atoms with Gasteiger partial charge in [-0.2, -0.15) is 0 Å². The second-order valence-electron chi connectivity index (χ2n) is 12.0. The summed E-state index contributed by atoms with van der Waals surface area (Å²) in [5.41, 5.74) is 4.90. The van der Waals surface area contributed by atoms with Crippen LogP contribution in [-0.2, 0) is 18.3 Å². The molecule has 4 aromatic rings. The number of rotatable bonds is 11. The van der Waals surface area contributed by atoms with Crippen LogP contribution in [0.1, 0.15) is 70.6 Å². The lowest BCUT2D eigenvalue weighted by Crippen LogP contribution is -2.38. The number of nitrogens with zero attached hydrogens (tertiary/aromatic N) is 4. The molecule has 1 saturated heterocycles. The topological polar surface area (TPSA) is 72.3 Å².